The maximum atomic E-state index is 14.3. The summed E-state index contributed by atoms with van der Waals surface area (Å²) in [7, 11) is 0. The molecule has 1 aromatic heterocycles. The summed E-state index contributed by atoms with van der Waals surface area (Å²) in [5.74, 6) is -4.53. The fourth-order valence-electron chi connectivity index (χ4n) is 2.91. The van der Waals surface area contributed by atoms with Crippen LogP contribution in [0.25, 0.3) is 0 Å². The first-order chi connectivity index (χ1) is 14.8. The Morgan fingerprint density at radius 3 is 2.29 bits per heavy atom. The molecule has 0 saturated heterocycles. The minimum atomic E-state index is -0.984. The highest BCUT2D eigenvalue weighted by Crippen LogP contribution is 2.25. The number of benzene rings is 2. The number of carbonyl (C=O) groups is 2. The molecule has 1 N–H and O–H groups in total. The number of halogens is 4. The molecule has 0 spiro atoms. The van der Waals surface area contributed by atoms with Crippen LogP contribution in [0.5, 0.6) is 0 Å². The van der Waals surface area contributed by atoms with Gasteiger partial charge in [-0.25, -0.2) is 17.6 Å². The molecule has 0 saturated carbocycles. The summed E-state index contributed by atoms with van der Waals surface area (Å²) in [4.78, 5) is 26.8. The van der Waals surface area contributed by atoms with Crippen LogP contribution >= 0.6 is 11.3 Å². The van der Waals surface area contributed by atoms with Crippen LogP contribution in [0.3, 0.4) is 0 Å². The standard InChI is InChI=1S/C22H18F4N2O2S/c23-14-5-7-17(18(25)11-14)22(30)27-9-1-4-21(29)28(13-16-3-2-10-31-16)20-8-6-15(24)12-19(20)26/h2-3,5-8,10-12H,1,4,9,13H2,(H,27,30). The molecule has 0 aliphatic carbocycles. The van der Waals surface area contributed by atoms with Crippen molar-refractivity contribution in [3.8, 4) is 0 Å². The van der Waals surface area contributed by atoms with Crippen molar-refractivity contribution in [1.82, 2.24) is 5.32 Å². The van der Waals surface area contributed by atoms with E-state index in [1.807, 2.05) is 5.38 Å². The normalized spacial score (nSPS) is 10.7. The molecule has 0 aliphatic heterocycles. The average molecular weight is 450 g/mol. The second-order valence-electron chi connectivity index (χ2n) is 6.64. The van der Waals surface area contributed by atoms with Crippen LogP contribution < -0.4 is 10.2 Å². The summed E-state index contributed by atoms with van der Waals surface area (Å²) in [6, 6.07) is 9.20. The monoisotopic (exact) mass is 450 g/mol. The number of hydrogen-bond acceptors (Lipinski definition) is 3. The van der Waals surface area contributed by atoms with Gasteiger partial charge in [-0.2, -0.15) is 0 Å². The molecule has 0 unspecified atom stereocenters. The number of carbonyl (C=O) groups excluding carboxylic acids is 2. The second-order valence-corrected chi connectivity index (χ2v) is 7.67. The van der Waals surface area contributed by atoms with Gasteiger partial charge in [0.2, 0.25) is 5.91 Å². The highest BCUT2D eigenvalue weighted by molar-refractivity contribution is 7.09. The largest absolute Gasteiger partial charge is 0.352 e. The van der Waals surface area contributed by atoms with Crippen molar-refractivity contribution >= 4 is 28.8 Å². The highest BCUT2D eigenvalue weighted by atomic mass is 32.1. The van der Waals surface area contributed by atoms with Crippen LogP contribution in [0.1, 0.15) is 28.1 Å². The van der Waals surface area contributed by atoms with E-state index in [9.17, 15) is 27.2 Å². The molecule has 3 aromatic rings. The van der Waals surface area contributed by atoms with Crippen LogP contribution in [-0.4, -0.2) is 18.4 Å². The van der Waals surface area contributed by atoms with E-state index in [0.717, 1.165) is 23.1 Å². The van der Waals surface area contributed by atoms with E-state index >= 15 is 0 Å². The molecule has 3 rings (SSSR count). The molecular formula is C22H18F4N2O2S. The Hall–Kier alpha value is -3.20. The first-order valence-electron chi connectivity index (χ1n) is 9.36. The molecule has 0 fully saturated rings. The Kier molecular flexibility index (Phi) is 7.41. The van der Waals surface area contributed by atoms with Crippen LogP contribution in [0.4, 0.5) is 23.2 Å². The van der Waals surface area contributed by atoms with Gasteiger partial charge in [-0.3, -0.25) is 9.59 Å². The molecular weight excluding hydrogens is 432 g/mol. The lowest BCUT2D eigenvalue weighted by Gasteiger charge is -2.23. The minimum absolute atomic E-state index is 0.0334. The van der Waals surface area contributed by atoms with Gasteiger partial charge in [-0.1, -0.05) is 6.07 Å². The number of nitrogens with one attached hydrogen (secondary N) is 1. The third-order valence-electron chi connectivity index (χ3n) is 4.42. The Morgan fingerprint density at radius 1 is 0.935 bits per heavy atom. The van der Waals surface area contributed by atoms with Crippen molar-refractivity contribution in [2.45, 2.75) is 19.4 Å². The predicted octanol–water partition coefficient (Wildman–Crippen LogP) is 5.05. The summed E-state index contributed by atoms with van der Waals surface area (Å²) in [5.41, 5.74) is -0.349. The van der Waals surface area contributed by atoms with Crippen molar-refractivity contribution in [3.05, 3.63) is 87.6 Å². The van der Waals surface area contributed by atoms with Gasteiger partial charge in [0.15, 0.2) is 0 Å². The molecule has 0 bridgehead atoms. The quantitative estimate of drug-likeness (QED) is 0.386. The fraction of sp³-hybridized carbons (Fsp3) is 0.182. The van der Waals surface area contributed by atoms with E-state index in [0.29, 0.717) is 12.1 Å². The summed E-state index contributed by atoms with van der Waals surface area (Å²) in [5, 5.41) is 4.29. The fourth-order valence-corrected chi connectivity index (χ4v) is 3.60. The van der Waals surface area contributed by atoms with Crippen LogP contribution in [0, 0.1) is 23.3 Å². The number of thiophene rings is 1. The van der Waals surface area contributed by atoms with Gasteiger partial charge < -0.3 is 10.2 Å². The molecule has 0 aliphatic rings. The summed E-state index contributed by atoms with van der Waals surface area (Å²) >= 11 is 1.39. The van der Waals surface area contributed by atoms with Gasteiger partial charge in [0.05, 0.1) is 17.8 Å². The van der Waals surface area contributed by atoms with E-state index < -0.39 is 35.1 Å². The predicted molar refractivity (Wildman–Crippen MR) is 110 cm³/mol. The third-order valence-corrected chi connectivity index (χ3v) is 5.29. The van der Waals surface area contributed by atoms with Crippen LogP contribution in [-0.2, 0) is 11.3 Å². The van der Waals surface area contributed by atoms with Gasteiger partial charge >= 0.3 is 0 Å². The third kappa shape index (κ3) is 5.91. The Balaban J connectivity index is 1.61. The smallest absolute Gasteiger partial charge is 0.254 e. The maximum absolute atomic E-state index is 14.3. The van der Waals surface area contributed by atoms with Gasteiger partial charge in [0.1, 0.15) is 23.3 Å². The molecule has 1 heterocycles. The van der Waals surface area contributed by atoms with E-state index in [1.54, 1.807) is 12.1 Å². The molecule has 2 aromatic carbocycles. The summed E-state index contributed by atoms with van der Waals surface area (Å²) in [6.45, 7) is 0.173. The Bertz CT molecular complexity index is 1070. The number of rotatable bonds is 8. The highest BCUT2D eigenvalue weighted by Gasteiger charge is 2.20. The maximum Gasteiger partial charge on any atom is 0.254 e. The van der Waals surface area contributed by atoms with Crippen molar-refractivity contribution in [2.24, 2.45) is 0 Å². The van der Waals surface area contributed by atoms with E-state index in [4.69, 9.17) is 0 Å². The molecule has 9 heteroatoms. The van der Waals surface area contributed by atoms with Crippen LogP contribution in [0.2, 0.25) is 0 Å². The molecule has 4 nitrogen and oxygen atoms in total. The zero-order chi connectivity index (χ0) is 22.4. The number of hydrogen-bond donors (Lipinski definition) is 1. The Morgan fingerprint density at radius 2 is 1.65 bits per heavy atom. The SMILES string of the molecule is O=C(NCCCC(=O)N(Cc1cccs1)c1ccc(F)cc1F)c1ccc(F)cc1F. The number of nitrogens with zero attached hydrogens (tertiary/aromatic N) is 1. The topological polar surface area (TPSA) is 49.4 Å². The van der Waals surface area contributed by atoms with Crippen molar-refractivity contribution in [2.75, 3.05) is 11.4 Å². The van der Waals surface area contributed by atoms with E-state index in [1.165, 1.54) is 22.3 Å². The summed E-state index contributed by atoms with van der Waals surface area (Å²) < 4.78 is 54.2. The van der Waals surface area contributed by atoms with Crippen molar-refractivity contribution in [1.29, 1.82) is 0 Å². The number of amides is 2. The number of anilines is 1. The molecule has 2 amide bonds. The van der Waals surface area contributed by atoms with Gasteiger partial charge in [0, 0.05) is 30.0 Å². The van der Waals surface area contributed by atoms with E-state index in [2.05, 4.69) is 5.32 Å². The molecule has 31 heavy (non-hydrogen) atoms. The zero-order valence-electron chi connectivity index (χ0n) is 16.2. The lowest BCUT2D eigenvalue weighted by atomic mass is 10.2. The lowest BCUT2D eigenvalue weighted by molar-refractivity contribution is -0.118. The van der Waals surface area contributed by atoms with Crippen molar-refractivity contribution < 1.29 is 27.2 Å². The van der Waals surface area contributed by atoms with E-state index in [-0.39, 0.29) is 37.2 Å². The lowest BCUT2D eigenvalue weighted by Crippen LogP contribution is -2.32. The first kappa shape index (κ1) is 22.5. The molecule has 0 radical (unpaired) electrons. The van der Waals surface area contributed by atoms with Gasteiger partial charge in [-0.15, -0.1) is 11.3 Å². The molecule has 0 atom stereocenters. The van der Waals surface area contributed by atoms with Gasteiger partial charge in [-0.05, 0) is 42.1 Å². The van der Waals surface area contributed by atoms with Crippen LogP contribution in [0.15, 0.2) is 53.9 Å². The second kappa shape index (κ2) is 10.2. The summed E-state index contributed by atoms with van der Waals surface area (Å²) in [6.07, 6.45) is 0.172. The zero-order valence-corrected chi connectivity index (χ0v) is 17.0. The first-order valence-corrected chi connectivity index (χ1v) is 10.2. The van der Waals surface area contributed by atoms with Crippen molar-refractivity contribution in [3.63, 3.8) is 0 Å². The average Bonchev–Trinajstić information content (AvgIpc) is 3.23. The minimum Gasteiger partial charge on any atom is -0.352 e. The molecule has 162 valence electrons. The Labute approximate surface area is 180 Å². The van der Waals surface area contributed by atoms with Gasteiger partial charge in [0.25, 0.3) is 5.91 Å².